The smallest absolute Gasteiger partial charge is 0.309 e. The number of ether oxygens (including phenoxy) is 2. The molecule has 0 spiro atoms. The van der Waals surface area contributed by atoms with Crippen LogP contribution >= 0.6 is 0 Å². The van der Waals surface area contributed by atoms with Crippen molar-refractivity contribution in [3.05, 3.63) is 0 Å². The summed E-state index contributed by atoms with van der Waals surface area (Å²) in [4.78, 5) is 28.3. The third-order valence-corrected chi connectivity index (χ3v) is 3.72. The highest BCUT2D eigenvalue weighted by Crippen LogP contribution is 2.32. The number of hydrogen-bond acceptors (Lipinski definition) is 6. The summed E-state index contributed by atoms with van der Waals surface area (Å²) in [7, 11) is 0. The van der Waals surface area contributed by atoms with Gasteiger partial charge in [0.05, 0.1) is 18.1 Å². The fourth-order valence-electron chi connectivity index (χ4n) is 2.82. The molecule has 0 heterocycles. The van der Waals surface area contributed by atoms with E-state index in [0.29, 0.717) is 0 Å². The molecule has 1 N–H and O–H groups in total. The molecule has 0 radical (unpaired) electrons. The number of esters is 2. The molecule has 0 aliphatic heterocycles. The van der Waals surface area contributed by atoms with E-state index in [-0.39, 0.29) is 30.3 Å². The van der Waals surface area contributed by atoms with Crippen LogP contribution in [0, 0.1) is 17.8 Å². The van der Waals surface area contributed by atoms with Crippen LogP contribution in [-0.2, 0) is 24.0 Å². The highest BCUT2D eigenvalue weighted by molar-refractivity contribution is 5.73. The third-order valence-electron chi connectivity index (χ3n) is 3.72. The van der Waals surface area contributed by atoms with E-state index in [4.69, 9.17) is 9.47 Å². The lowest BCUT2D eigenvalue weighted by Crippen LogP contribution is -2.41. The summed E-state index contributed by atoms with van der Waals surface area (Å²) in [5.74, 6) is -1.64. The Morgan fingerprint density at radius 2 is 1.61 bits per heavy atom. The third kappa shape index (κ3) is 7.79. The van der Waals surface area contributed by atoms with E-state index in [0.717, 1.165) is 0 Å². The highest BCUT2D eigenvalue weighted by atomic mass is 17.1. The molecule has 0 amide bonds. The van der Waals surface area contributed by atoms with Crippen LogP contribution in [0.25, 0.3) is 0 Å². The van der Waals surface area contributed by atoms with E-state index in [1.165, 1.54) is 6.92 Å². The summed E-state index contributed by atoms with van der Waals surface area (Å²) >= 11 is 0. The second-order valence-corrected chi connectivity index (χ2v) is 7.32. The van der Waals surface area contributed by atoms with Crippen LogP contribution in [0.1, 0.15) is 61.8 Å². The van der Waals surface area contributed by atoms with Gasteiger partial charge in [0.2, 0.25) is 0 Å². The van der Waals surface area contributed by atoms with Gasteiger partial charge in [-0.2, -0.15) is 0 Å². The first-order valence-electron chi connectivity index (χ1n) is 8.11. The lowest BCUT2D eigenvalue weighted by Gasteiger charge is -2.35. The molecule has 0 aromatic carbocycles. The van der Waals surface area contributed by atoms with Crippen molar-refractivity contribution >= 4 is 11.9 Å². The van der Waals surface area contributed by atoms with Crippen LogP contribution in [0.4, 0.5) is 0 Å². The van der Waals surface area contributed by atoms with E-state index in [1.54, 1.807) is 27.7 Å². The van der Waals surface area contributed by atoms with Gasteiger partial charge in [0, 0.05) is 13.3 Å². The van der Waals surface area contributed by atoms with Gasteiger partial charge in [-0.1, -0.05) is 20.8 Å². The van der Waals surface area contributed by atoms with E-state index in [9.17, 15) is 14.8 Å². The zero-order chi connectivity index (χ0) is 18.4. The maximum Gasteiger partial charge on any atom is 0.309 e. The zero-order valence-electron chi connectivity index (χ0n) is 15.6. The molecule has 6 nitrogen and oxygen atoms in total. The Labute approximate surface area is 139 Å². The summed E-state index contributed by atoms with van der Waals surface area (Å²) in [5, 5.41) is 9.19. The van der Waals surface area contributed by atoms with E-state index in [1.807, 2.05) is 20.8 Å². The van der Waals surface area contributed by atoms with Crippen molar-refractivity contribution in [1.29, 1.82) is 0 Å². The van der Waals surface area contributed by atoms with Crippen molar-refractivity contribution in [2.45, 2.75) is 79.6 Å². The lowest BCUT2D eigenvalue weighted by molar-refractivity contribution is -0.302. The highest BCUT2D eigenvalue weighted by Gasteiger charge is 2.39. The van der Waals surface area contributed by atoms with Crippen molar-refractivity contribution in [1.82, 2.24) is 0 Å². The first-order chi connectivity index (χ1) is 10.4. The molecule has 0 aromatic heterocycles. The molecule has 0 aliphatic carbocycles. The molecule has 23 heavy (non-hydrogen) atoms. The second kappa shape index (κ2) is 9.23. The van der Waals surface area contributed by atoms with Gasteiger partial charge in [-0.25, -0.2) is 4.89 Å². The van der Waals surface area contributed by atoms with Gasteiger partial charge in [-0.15, -0.1) is 0 Å². The molecule has 0 aliphatic rings. The molecular weight excluding hydrogens is 300 g/mol. The minimum atomic E-state index is -0.822. The van der Waals surface area contributed by atoms with Gasteiger partial charge in [0.1, 0.15) is 5.60 Å². The predicted molar refractivity (Wildman–Crippen MR) is 86.7 cm³/mol. The molecule has 6 heteroatoms. The minimum Gasteiger partial charge on any atom is -0.463 e. The molecule has 0 saturated carbocycles. The first-order valence-corrected chi connectivity index (χ1v) is 8.11. The van der Waals surface area contributed by atoms with Gasteiger partial charge in [0.15, 0.2) is 0 Å². The van der Waals surface area contributed by atoms with Crippen LogP contribution in [-0.4, -0.2) is 35.0 Å². The summed E-state index contributed by atoms with van der Waals surface area (Å²) in [6.45, 7) is 14.0. The summed E-state index contributed by atoms with van der Waals surface area (Å²) in [6, 6.07) is 0. The zero-order valence-corrected chi connectivity index (χ0v) is 15.6. The van der Waals surface area contributed by atoms with Crippen LogP contribution in [0.3, 0.4) is 0 Å². The molecule has 0 fully saturated rings. The Hall–Kier alpha value is -1.14. The monoisotopic (exact) mass is 332 g/mol. The van der Waals surface area contributed by atoms with Crippen molar-refractivity contribution in [3.63, 3.8) is 0 Å². The maximum absolute atomic E-state index is 12.5. The minimum absolute atomic E-state index is 0.0150. The molecule has 3 unspecified atom stereocenters. The van der Waals surface area contributed by atoms with Crippen molar-refractivity contribution in [3.8, 4) is 0 Å². The summed E-state index contributed by atoms with van der Waals surface area (Å²) < 4.78 is 10.6. The van der Waals surface area contributed by atoms with Gasteiger partial charge >= 0.3 is 11.9 Å². The van der Waals surface area contributed by atoms with E-state index in [2.05, 4.69) is 4.89 Å². The predicted octanol–water partition coefficient (Wildman–Crippen LogP) is 3.44. The fourth-order valence-corrected chi connectivity index (χ4v) is 2.82. The Balaban J connectivity index is 5.38. The fraction of sp³-hybridized carbons (Fsp3) is 0.882. The van der Waals surface area contributed by atoms with Crippen molar-refractivity contribution in [2.75, 3.05) is 0 Å². The Morgan fingerprint density at radius 3 is 1.96 bits per heavy atom. The molecule has 0 saturated heterocycles. The maximum atomic E-state index is 12.5. The van der Waals surface area contributed by atoms with Gasteiger partial charge < -0.3 is 9.47 Å². The average Bonchev–Trinajstić information content (AvgIpc) is 2.33. The standard InChI is InChI=1S/C17H32O6/c1-10(2)15(23-20)12(5)14(16(19)21-11(3)4)9-17(7,8)22-13(6)18/h10-12,14-15,20H,9H2,1-8H3. The van der Waals surface area contributed by atoms with Crippen molar-refractivity contribution in [2.24, 2.45) is 17.8 Å². The largest absolute Gasteiger partial charge is 0.463 e. The SMILES string of the molecule is CC(=O)OC(C)(C)CC(C(=O)OC(C)C)C(C)C(OO)C(C)C. The van der Waals surface area contributed by atoms with Gasteiger partial charge in [-0.3, -0.25) is 14.8 Å². The van der Waals surface area contributed by atoms with Crippen LogP contribution in [0.5, 0.6) is 0 Å². The average molecular weight is 332 g/mol. The van der Waals surface area contributed by atoms with Crippen LogP contribution in [0.15, 0.2) is 0 Å². The van der Waals surface area contributed by atoms with Crippen LogP contribution in [0.2, 0.25) is 0 Å². The van der Waals surface area contributed by atoms with Gasteiger partial charge in [-0.05, 0) is 39.5 Å². The molecule has 0 rings (SSSR count). The van der Waals surface area contributed by atoms with Crippen LogP contribution < -0.4 is 0 Å². The van der Waals surface area contributed by atoms with Crippen molar-refractivity contribution < 1.29 is 29.2 Å². The first kappa shape index (κ1) is 21.9. The molecule has 136 valence electrons. The lowest BCUT2D eigenvalue weighted by atomic mass is 9.78. The van der Waals surface area contributed by atoms with Gasteiger partial charge in [0.25, 0.3) is 0 Å². The number of hydrogen-bond donors (Lipinski definition) is 1. The molecule has 0 aromatic rings. The number of rotatable bonds is 9. The topological polar surface area (TPSA) is 82.1 Å². The molecular formula is C17H32O6. The second-order valence-electron chi connectivity index (χ2n) is 7.32. The summed E-state index contributed by atoms with van der Waals surface area (Å²) in [5.41, 5.74) is -0.822. The Kier molecular flexibility index (Phi) is 8.77. The Bertz CT molecular complexity index is 389. The number of carbonyl (C=O) groups is 2. The summed E-state index contributed by atoms with van der Waals surface area (Å²) in [6.07, 6.45) is -0.485. The van der Waals surface area contributed by atoms with E-state index < -0.39 is 23.6 Å². The van der Waals surface area contributed by atoms with E-state index >= 15 is 0 Å². The number of carbonyl (C=O) groups excluding carboxylic acids is 2. The Morgan fingerprint density at radius 1 is 1.09 bits per heavy atom. The quantitative estimate of drug-likeness (QED) is 0.396. The normalized spacial score (nSPS) is 16.1. The molecule has 0 bridgehead atoms. The molecule has 3 atom stereocenters.